The third kappa shape index (κ3) is 5.74. The molecule has 4 heteroatoms. The highest BCUT2D eigenvalue weighted by atomic mass is 28.4. The first-order valence-corrected chi connectivity index (χ1v) is 14.8. The van der Waals surface area contributed by atoms with Gasteiger partial charge >= 0.3 is 0 Å². The molecule has 170 valence electrons. The second kappa shape index (κ2) is 8.74. The van der Waals surface area contributed by atoms with Crippen molar-refractivity contribution in [1.82, 2.24) is 0 Å². The minimum atomic E-state index is -1.70. The maximum atomic E-state index is 12.5. The molecule has 0 aromatic heterocycles. The molecule has 0 aromatic carbocycles. The Labute approximate surface area is 181 Å². The number of Topliss-reactive ketones (excluding diaryl/α,β-unsaturated/α-hetero) is 1. The molecule has 0 bridgehead atoms. The van der Waals surface area contributed by atoms with Crippen LogP contribution < -0.4 is 0 Å². The normalized spacial score (nSPS) is 33.6. The average Bonchev–Trinajstić information content (AvgIpc) is 2.85. The molecule has 0 N–H and O–H groups in total. The van der Waals surface area contributed by atoms with Crippen LogP contribution in [-0.4, -0.2) is 32.4 Å². The van der Waals surface area contributed by atoms with E-state index in [9.17, 15) is 4.79 Å². The number of hydrogen-bond donors (Lipinski definition) is 0. The molecule has 0 heterocycles. The molecule has 0 aliphatic heterocycles. The van der Waals surface area contributed by atoms with E-state index in [4.69, 9.17) is 9.16 Å². The third-order valence-corrected chi connectivity index (χ3v) is 12.9. The third-order valence-electron chi connectivity index (χ3n) is 8.32. The molecule has 2 rings (SSSR count). The van der Waals surface area contributed by atoms with Gasteiger partial charge in [-0.25, -0.2) is 0 Å². The van der Waals surface area contributed by atoms with Crippen LogP contribution in [0.2, 0.25) is 18.1 Å². The molecule has 3 nitrogen and oxygen atoms in total. The highest BCUT2D eigenvalue weighted by Gasteiger charge is 2.55. The largest absolute Gasteiger partial charge is 0.417 e. The summed E-state index contributed by atoms with van der Waals surface area (Å²) in [6.07, 6.45) is 7.00. The molecular formula is C25H48O3Si. The van der Waals surface area contributed by atoms with E-state index in [1.54, 1.807) is 0 Å². The first-order chi connectivity index (χ1) is 13.1. The molecule has 2 aliphatic carbocycles. The zero-order valence-electron chi connectivity index (χ0n) is 21.0. The molecule has 2 aliphatic rings. The Morgan fingerprint density at radius 1 is 1.07 bits per heavy atom. The van der Waals surface area contributed by atoms with E-state index in [0.29, 0.717) is 23.7 Å². The Morgan fingerprint density at radius 2 is 1.69 bits per heavy atom. The summed E-state index contributed by atoms with van der Waals surface area (Å²) >= 11 is 0. The number of rotatable bonds is 7. The Kier molecular flexibility index (Phi) is 7.56. The van der Waals surface area contributed by atoms with Gasteiger partial charge in [-0.1, -0.05) is 27.7 Å². The number of carbonyl (C=O) groups excluding carboxylic acids is 1. The lowest BCUT2D eigenvalue weighted by Crippen LogP contribution is -2.47. The van der Waals surface area contributed by atoms with Crippen LogP contribution in [0.1, 0.15) is 93.9 Å². The zero-order chi connectivity index (χ0) is 22.3. The molecule has 2 saturated carbocycles. The Hall–Kier alpha value is -0.193. The summed E-state index contributed by atoms with van der Waals surface area (Å²) in [5.41, 5.74) is 0.108. The Morgan fingerprint density at radius 3 is 2.21 bits per heavy atom. The van der Waals surface area contributed by atoms with Crippen molar-refractivity contribution in [3.63, 3.8) is 0 Å². The predicted molar refractivity (Wildman–Crippen MR) is 125 cm³/mol. The van der Waals surface area contributed by atoms with E-state index in [1.165, 1.54) is 6.42 Å². The predicted octanol–water partition coefficient (Wildman–Crippen LogP) is 7.00. The highest BCUT2D eigenvalue weighted by Crippen LogP contribution is 2.58. The summed E-state index contributed by atoms with van der Waals surface area (Å²) < 4.78 is 13.0. The number of carbonyl (C=O) groups is 1. The number of hydrogen-bond acceptors (Lipinski definition) is 3. The van der Waals surface area contributed by atoms with Crippen LogP contribution in [0.5, 0.6) is 0 Å². The molecular weight excluding hydrogens is 376 g/mol. The van der Waals surface area contributed by atoms with Crippen molar-refractivity contribution in [1.29, 1.82) is 0 Å². The molecule has 0 aromatic rings. The first-order valence-electron chi connectivity index (χ1n) is 11.9. The molecule has 2 fully saturated rings. The summed E-state index contributed by atoms with van der Waals surface area (Å²) in [6.45, 7) is 23.1. The molecule has 5 atom stereocenters. The zero-order valence-corrected chi connectivity index (χ0v) is 22.0. The lowest BCUT2D eigenvalue weighted by molar-refractivity contribution is -0.141. The van der Waals surface area contributed by atoms with Gasteiger partial charge in [-0.05, 0) is 102 Å². The number of ether oxygens (including phenoxy) is 1. The van der Waals surface area contributed by atoms with Crippen LogP contribution in [0.25, 0.3) is 0 Å². The number of fused-ring (bicyclic) bond motifs is 1. The standard InChI is InChI=1S/C25H48O3Si/c1-18(26)19-15-16-25(8)21(13-14-22(25)28-23(2,3)4)20(19)12-11-17-27-29(9,10)24(5,6)7/h19-22H,11-17H2,1-10H3/t19-,20-,21+,22+,25+/m1/s1. The van der Waals surface area contributed by atoms with Gasteiger partial charge in [0.05, 0.1) is 11.7 Å². The van der Waals surface area contributed by atoms with E-state index < -0.39 is 8.32 Å². The minimum Gasteiger partial charge on any atom is -0.417 e. The van der Waals surface area contributed by atoms with E-state index >= 15 is 0 Å². The van der Waals surface area contributed by atoms with E-state index in [1.807, 2.05) is 6.92 Å². The highest BCUT2D eigenvalue weighted by molar-refractivity contribution is 6.74. The topological polar surface area (TPSA) is 35.5 Å². The van der Waals surface area contributed by atoms with Crippen molar-refractivity contribution < 1.29 is 14.0 Å². The summed E-state index contributed by atoms with van der Waals surface area (Å²) in [5.74, 6) is 1.71. The maximum absolute atomic E-state index is 12.5. The maximum Gasteiger partial charge on any atom is 0.191 e. The molecule has 0 spiro atoms. The summed E-state index contributed by atoms with van der Waals surface area (Å²) in [5, 5.41) is 0.251. The summed E-state index contributed by atoms with van der Waals surface area (Å²) in [4.78, 5) is 12.5. The van der Waals surface area contributed by atoms with Gasteiger partial charge in [-0.2, -0.15) is 0 Å². The Bertz CT molecular complexity index is 572. The second-order valence-corrected chi connectivity index (χ2v) is 17.4. The molecule has 0 radical (unpaired) electrons. The van der Waals surface area contributed by atoms with Crippen molar-refractivity contribution in [3.8, 4) is 0 Å². The van der Waals surface area contributed by atoms with Gasteiger partial charge in [0.25, 0.3) is 0 Å². The SMILES string of the molecule is CC(=O)[C@H]1CC[C@]2(C)[C@@H](OC(C)(C)C)CC[C@H]2[C@@H]1CCCO[Si](C)(C)C(C)(C)C. The molecule has 0 saturated heterocycles. The second-order valence-electron chi connectivity index (χ2n) is 12.6. The van der Waals surface area contributed by atoms with Gasteiger partial charge in [0.2, 0.25) is 0 Å². The number of ketones is 1. The summed E-state index contributed by atoms with van der Waals surface area (Å²) in [6, 6.07) is 0. The van der Waals surface area contributed by atoms with Crippen LogP contribution in [0.4, 0.5) is 0 Å². The minimum absolute atomic E-state index is 0.105. The molecule has 0 unspecified atom stereocenters. The van der Waals surface area contributed by atoms with Gasteiger partial charge in [0.15, 0.2) is 8.32 Å². The van der Waals surface area contributed by atoms with Crippen molar-refractivity contribution >= 4 is 14.1 Å². The fraction of sp³-hybridized carbons (Fsp3) is 0.960. The van der Waals surface area contributed by atoms with Crippen LogP contribution in [-0.2, 0) is 14.0 Å². The van der Waals surface area contributed by atoms with Gasteiger partial charge in [0, 0.05) is 12.5 Å². The van der Waals surface area contributed by atoms with Crippen molar-refractivity contribution in [2.75, 3.05) is 6.61 Å². The van der Waals surface area contributed by atoms with Crippen LogP contribution in [0, 0.1) is 23.2 Å². The van der Waals surface area contributed by atoms with Crippen LogP contribution >= 0.6 is 0 Å². The fourth-order valence-corrected chi connectivity index (χ4v) is 6.72. The lowest BCUT2D eigenvalue weighted by Gasteiger charge is -2.49. The van der Waals surface area contributed by atoms with E-state index in [0.717, 1.165) is 38.7 Å². The van der Waals surface area contributed by atoms with Crippen molar-refractivity contribution in [2.45, 2.75) is 124 Å². The van der Waals surface area contributed by atoms with Crippen molar-refractivity contribution in [3.05, 3.63) is 0 Å². The van der Waals surface area contributed by atoms with Gasteiger partial charge < -0.3 is 9.16 Å². The molecule has 0 amide bonds. The van der Waals surface area contributed by atoms with Crippen LogP contribution in [0.3, 0.4) is 0 Å². The molecule has 29 heavy (non-hydrogen) atoms. The van der Waals surface area contributed by atoms with Gasteiger partial charge in [-0.3, -0.25) is 4.79 Å². The smallest absolute Gasteiger partial charge is 0.191 e. The summed E-state index contributed by atoms with van der Waals surface area (Å²) in [7, 11) is -1.70. The quantitative estimate of drug-likeness (QED) is 0.326. The monoisotopic (exact) mass is 424 g/mol. The van der Waals surface area contributed by atoms with Gasteiger partial charge in [-0.15, -0.1) is 0 Å². The fourth-order valence-electron chi connectivity index (χ4n) is 5.63. The van der Waals surface area contributed by atoms with Crippen molar-refractivity contribution in [2.24, 2.45) is 23.2 Å². The Balaban J connectivity index is 2.06. The van der Waals surface area contributed by atoms with Crippen LogP contribution in [0.15, 0.2) is 0 Å². The first kappa shape index (κ1) is 25.1. The lowest BCUT2D eigenvalue weighted by atomic mass is 9.58. The average molecular weight is 425 g/mol. The van der Waals surface area contributed by atoms with Gasteiger partial charge in [0.1, 0.15) is 5.78 Å². The van der Waals surface area contributed by atoms with E-state index in [-0.39, 0.29) is 22.0 Å². The van der Waals surface area contributed by atoms with E-state index in [2.05, 4.69) is 61.6 Å².